The van der Waals surface area contributed by atoms with Crippen LogP contribution in [-0.2, 0) is 10.3 Å². The lowest BCUT2D eigenvalue weighted by Crippen LogP contribution is -2.41. The molecular formula is C22H19NO4. The summed E-state index contributed by atoms with van der Waals surface area (Å²) in [4.78, 5) is 26.1. The Morgan fingerprint density at radius 1 is 0.889 bits per heavy atom. The molecule has 136 valence electrons. The number of aliphatic hydroxyl groups is 1. The lowest BCUT2D eigenvalue weighted by Gasteiger charge is -2.33. The van der Waals surface area contributed by atoms with Crippen LogP contribution in [0.1, 0.15) is 44.3 Å². The molecule has 0 fully saturated rings. The summed E-state index contributed by atoms with van der Waals surface area (Å²) in [5.41, 5.74) is 7.34. The van der Waals surface area contributed by atoms with Crippen LogP contribution < -0.4 is 5.73 Å². The lowest BCUT2D eigenvalue weighted by atomic mass is 9.75. The highest BCUT2D eigenvalue weighted by molar-refractivity contribution is 6.29. The number of hydrogen-bond donors (Lipinski definition) is 2. The van der Waals surface area contributed by atoms with Crippen molar-refractivity contribution < 1.29 is 19.4 Å². The molecule has 27 heavy (non-hydrogen) atoms. The van der Waals surface area contributed by atoms with Gasteiger partial charge in [0.2, 0.25) is 5.79 Å². The fourth-order valence-electron chi connectivity index (χ4n) is 3.64. The van der Waals surface area contributed by atoms with Gasteiger partial charge in [-0.1, -0.05) is 54.6 Å². The fourth-order valence-corrected chi connectivity index (χ4v) is 3.64. The summed E-state index contributed by atoms with van der Waals surface area (Å²) in [6.07, 6.45) is 6.10. The van der Waals surface area contributed by atoms with Gasteiger partial charge in [0.05, 0.1) is 5.54 Å². The van der Waals surface area contributed by atoms with Crippen molar-refractivity contribution in [3.05, 3.63) is 94.6 Å². The summed E-state index contributed by atoms with van der Waals surface area (Å²) in [7, 11) is 0. The average molecular weight is 361 g/mol. The zero-order valence-corrected chi connectivity index (χ0v) is 14.8. The molecular weight excluding hydrogens is 342 g/mol. The summed E-state index contributed by atoms with van der Waals surface area (Å²) in [5.74, 6) is -1.95. The molecule has 4 rings (SSSR count). The van der Waals surface area contributed by atoms with Crippen molar-refractivity contribution in [2.45, 2.75) is 18.2 Å². The first-order valence-electron chi connectivity index (χ1n) is 8.76. The van der Waals surface area contributed by atoms with Gasteiger partial charge >= 0.3 is 0 Å². The second kappa shape index (κ2) is 6.09. The third-order valence-electron chi connectivity index (χ3n) is 4.99. The number of hydrogen-bond acceptors (Lipinski definition) is 5. The largest absolute Gasteiger partial charge is 0.359 e. The molecule has 0 radical (unpaired) electrons. The number of benzene rings is 2. The molecule has 5 heteroatoms. The molecule has 0 spiro atoms. The second-order valence-corrected chi connectivity index (χ2v) is 6.72. The van der Waals surface area contributed by atoms with E-state index in [9.17, 15) is 14.7 Å². The van der Waals surface area contributed by atoms with Gasteiger partial charge in [0, 0.05) is 28.9 Å². The molecule has 0 aliphatic heterocycles. The number of fused-ring (bicyclic) bond motifs is 2. The Balaban J connectivity index is 1.85. The van der Waals surface area contributed by atoms with E-state index in [1.165, 1.54) is 12.2 Å². The summed E-state index contributed by atoms with van der Waals surface area (Å²) >= 11 is 0. The van der Waals surface area contributed by atoms with Gasteiger partial charge in [-0.25, -0.2) is 0 Å². The first kappa shape index (κ1) is 17.5. The van der Waals surface area contributed by atoms with Crippen LogP contribution in [0.5, 0.6) is 0 Å². The molecule has 0 atom stereocenters. The zero-order chi connectivity index (χ0) is 19.2. The van der Waals surface area contributed by atoms with E-state index in [-0.39, 0.29) is 11.6 Å². The van der Waals surface area contributed by atoms with E-state index >= 15 is 0 Å². The minimum atomic E-state index is -1.53. The van der Waals surface area contributed by atoms with Crippen molar-refractivity contribution in [3.8, 4) is 0 Å². The first-order chi connectivity index (χ1) is 12.9. The highest BCUT2D eigenvalue weighted by atomic mass is 16.6. The highest BCUT2D eigenvalue weighted by Crippen LogP contribution is 2.36. The van der Waals surface area contributed by atoms with E-state index in [0.29, 0.717) is 34.4 Å². The van der Waals surface area contributed by atoms with Crippen LogP contribution in [-0.4, -0.2) is 29.1 Å². The van der Waals surface area contributed by atoms with E-state index in [1.54, 1.807) is 61.5 Å². The highest BCUT2D eigenvalue weighted by Gasteiger charge is 2.38. The van der Waals surface area contributed by atoms with Crippen molar-refractivity contribution in [1.29, 1.82) is 0 Å². The molecule has 0 saturated heterocycles. The van der Waals surface area contributed by atoms with Crippen molar-refractivity contribution in [2.75, 3.05) is 6.61 Å². The average Bonchev–Trinajstić information content (AvgIpc) is 2.68. The monoisotopic (exact) mass is 361 g/mol. The molecule has 5 nitrogen and oxygen atoms in total. The first-order valence-corrected chi connectivity index (χ1v) is 8.76. The maximum atomic E-state index is 13.2. The van der Waals surface area contributed by atoms with Gasteiger partial charge in [0.25, 0.3) is 0 Å². The molecule has 0 bridgehead atoms. The molecule has 2 aliphatic carbocycles. The molecule has 0 saturated carbocycles. The number of carbonyl (C=O) groups excluding carboxylic acids is 2. The molecule has 2 aromatic rings. The molecule has 0 unspecified atom stereocenters. The standard InChI is InChI=1S/C22H19NO4/c1-2-27-22(26)12-10-21(23,11-13-22)17-9-5-8-16-18(17)20(25)15-7-4-3-6-14(15)19(16)24/h3-13,26H,2,23H2,1H3. The number of nitrogens with two attached hydrogens (primary N) is 1. The molecule has 2 aromatic carbocycles. The maximum absolute atomic E-state index is 13.2. The number of ketones is 2. The predicted molar refractivity (Wildman–Crippen MR) is 100 cm³/mol. The van der Waals surface area contributed by atoms with E-state index in [4.69, 9.17) is 10.5 Å². The van der Waals surface area contributed by atoms with E-state index in [1.807, 2.05) is 0 Å². The Bertz CT molecular complexity index is 1000. The summed E-state index contributed by atoms with van der Waals surface area (Å²) in [5, 5.41) is 10.3. The second-order valence-electron chi connectivity index (χ2n) is 6.72. The van der Waals surface area contributed by atoms with Crippen LogP contribution in [0.15, 0.2) is 66.8 Å². The van der Waals surface area contributed by atoms with Crippen molar-refractivity contribution in [3.63, 3.8) is 0 Å². The van der Waals surface area contributed by atoms with Crippen molar-refractivity contribution in [2.24, 2.45) is 5.73 Å². The van der Waals surface area contributed by atoms with Gasteiger partial charge in [-0.3, -0.25) is 9.59 Å². The minimum Gasteiger partial charge on any atom is -0.359 e. The van der Waals surface area contributed by atoms with Gasteiger partial charge in [-0.05, 0) is 24.6 Å². The van der Waals surface area contributed by atoms with Crippen molar-refractivity contribution >= 4 is 11.6 Å². The van der Waals surface area contributed by atoms with Crippen LogP contribution in [0.3, 0.4) is 0 Å². The van der Waals surface area contributed by atoms with Crippen LogP contribution in [0.2, 0.25) is 0 Å². The van der Waals surface area contributed by atoms with E-state index in [2.05, 4.69) is 0 Å². The van der Waals surface area contributed by atoms with E-state index in [0.717, 1.165) is 0 Å². The minimum absolute atomic E-state index is 0.194. The lowest BCUT2D eigenvalue weighted by molar-refractivity contribution is -0.127. The number of ether oxygens (including phenoxy) is 1. The fraction of sp³-hybridized carbons (Fsp3) is 0.182. The molecule has 3 N–H and O–H groups in total. The van der Waals surface area contributed by atoms with Crippen LogP contribution >= 0.6 is 0 Å². The number of rotatable bonds is 3. The smallest absolute Gasteiger partial charge is 0.205 e. The SMILES string of the molecule is CCOC1(O)C=CC(N)(c2cccc3c2C(=O)c2ccccc2C3=O)C=C1. The Morgan fingerprint density at radius 2 is 1.48 bits per heavy atom. The predicted octanol–water partition coefficient (Wildman–Crippen LogP) is 2.47. The molecule has 0 aromatic heterocycles. The van der Waals surface area contributed by atoms with Gasteiger partial charge in [-0.2, -0.15) is 0 Å². The van der Waals surface area contributed by atoms with Crippen molar-refractivity contribution in [1.82, 2.24) is 0 Å². The van der Waals surface area contributed by atoms with Gasteiger partial charge in [0.1, 0.15) is 0 Å². The third-order valence-corrected chi connectivity index (χ3v) is 4.99. The van der Waals surface area contributed by atoms with Crippen LogP contribution in [0.4, 0.5) is 0 Å². The molecule has 0 heterocycles. The van der Waals surface area contributed by atoms with Gasteiger partial charge in [0.15, 0.2) is 11.6 Å². The van der Waals surface area contributed by atoms with Gasteiger partial charge in [-0.15, -0.1) is 0 Å². The molecule has 0 amide bonds. The Labute approximate surface area is 156 Å². The Kier molecular flexibility index (Phi) is 3.96. The van der Waals surface area contributed by atoms with Crippen LogP contribution in [0, 0.1) is 0 Å². The molecule has 2 aliphatic rings. The maximum Gasteiger partial charge on any atom is 0.205 e. The van der Waals surface area contributed by atoms with E-state index < -0.39 is 11.3 Å². The Hall–Kier alpha value is -2.86. The quantitative estimate of drug-likeness (QED) is 0.553. The number of carbonyl (C=O) groups is 2. The zero-order valence-electron chi connectivity index (χ0n) is 14.8. The van der Waals surface area contributed by atoms with Gasteiger partial charge < -0.3 is 15.6 Å². The Morgan fingerprint density at radius 3 is 2.11 bits per heavy atom. The third kappa shape index (κ3) is 2.68. The summed E-state index contributed by atoms with van der Waals surface area (Å²) < 4.78 is 5.30. The van der Waals surface area contributed by atoms with Crippen LogP contribution in [0.25, 0.3) is 0 Å². The summed E-state index contributed by atoms with van der Waals surface area (Å²) in [6, 6.07) is 11.9. The topological polar surface area (TPSA) is 89.6 Å². The normalized spacial score (nSPS) is 26.0. The summed E-state index contributed by atoms with van der Waals surface area (Å²) in [6.45, 7) is 2.10.